The van der Waals surface area contributed by atoms with Gasteiger partial charge >= 0.3 is 0 Å². The predicted molar refractivity (Wildman–Crippen MR) is 66.0 cm³/mol. The van der Waals surface area contributed by atoms with Crippen LogP contribution in [0.5, 0.6) is 0 Å². The van der Waals surface area contributed by atoms with Crippen LogP contribution >= 0.6 is 11.6 Å². The van der Waals surface area contributed by atoms with Crippen LogP contribution in [-0.2, 0) is 0 Å². The zero-order chi connectivity index (χ0) is 10.7. The number of halogens is 1. The van der Waals surface area contributed by atoms with Crippen LogP contribution in [0.25, 0.3) is 0 Å². The van der Waals surface area contributed by atoms with E-state index in [0.29, 0.717) is 5.92 Å². The molecule has 0 N–H and O–H groups in total. The van der Waals surface area contributed by atoms with Gasteiger partial charge < -0.3 is 0 Å². The van der Waals surface area contributed by atoms with Gasteiger partial charge in [0.15, 0.2) is 0 Å². The quantitative estimate of drug-likeness (QED) is 0.660. The molecule has 1 aliphatic rings. The highest BCUT2D eigenvalue weighted by Gasteiger charge is 2.06. The second-order valence-corrected chi connectivity index (χ2v) is 3.96. The molecular formula is C13H12ClN. The number of rotatable bonds is 2. The molecule has 1 aromatic rings. The van der Waals surface area contributed by atoms with Crippen molar-refractivity contribution >= 4 is 23.0 Å². The molecule has 0 saturated carbocycles. The molecule has 0 aromatic heterocycles. The molecule has 0 bridgehead atoms. The fourth-order valence-electron chi connectivity index (χ4n) is 1.50. The van der Waals surface area contributed by atoms with Crippen molar-refractivity contribution in [3.05, 3.63) is 53.6 Å². The van der Waals surface area contributed by atoms with Crippen LogP contribution in [0.3, 0.4) is 0 Å². The Morgan fingerprint density at radius 2 is 1.73 bits per heavy atom. The lowest BCUT2D eigenvalue weighted by Crippen LogP contribution is -2.02. The molecule has 1 aromatic carbocycles. The first-order chi connectivity index (χ1) is 7.25. The van der Waals surface area contributed by atoms with Gasteiger partial charge in [0, 0.05) is 16.7 Å². The van der Waals surface area contributed by atoms with E-state index >= 15 is 0 Å². The maximum Gasteiger partial charge on any atom is 0.0630 e. The summed E-state index contributed by atoms with van der Waals surface area (Å²) in [6.45, 7) is 2.04. The van der Waals surface area contributed by atoms with Crippen LogP contribution in [0.1, 0.15) is 6.92 Å². The van der Waals surface area contributed by atoms with Crippen molar-refractivity contribution in [2.24, 2.45) is 10.9 Å². The maximum atomic E-state index is 5.80. The maximum absolute atomic E-state index is 5.80. The minimum absolute atomic E-state index is 0.348. The van der Waals surface area contributed by atoms with E-state index in [4.69, 9.17) is 11.6 Å². The molecule has 1 nitrogen and oxygen atoms in total. The van der Waals surface area contributed by atoms with Crippen molar-refractivity contribution in [2.75, 3.05) is 0 Å². The average Bonchev–Trinajstić information content (AvgIpc) is 2.74. The van der Waals surface area contributed by atoms with E-state index in [1.54, 1.807) is 0 Å². The van der Waals surface area contributed by atoms with E-state index in [1.165, 1.54) is 0 Å². The van der Waals surface area contributed by atoms with E-state index < -0.39 is 0 Å². The standard InChI is InChI=1S/C13H12ClN/c1-10(11-4-2-3-5-11)15-13-8-6-12(14)7-9-13/h2-9,11H,1H3. The number of aliphatic imine (C=N–C) groups is 1. The fourth-order valence-corrected chi connectivity index (χ4v) is 1.63. The van der Waals surface area contributed by atoms with Gasteiger partial charge in [-0.2, -0.15) is 0 Å². The SMILES string of the molecule is CC(=Nc1ccc(Cl)cc1)C1C=CC=C1. The molecule has 2 rings (SSSR count). The average molecular weight is 218 g/mol. The lowest BCUT2D eigenvalue weighted by molar-refractivity contribution is 1.14. The lowest BCUT2D eigenvalue weighted by Gasteiger charge is -2.04. The van der Waals surface area contributed by atoms with Crippen LogP contribution in [0.4, 0.5) is 5.69 Å². The van der Waals surface area contributed by atoms with Crippen molar-refractivity contribution in [2.45, 2.75) is 6.92 Å². The predicted octanol–water partition coefficient (Wildman–Crippen LogP) is 4.17. The van der Waals surface area contributed by atoms with E-state index in [1.807, 2.05) is 43.3 Å². The molecule has 0 aliphatic heterocycles. The molecule has 0 spiro atoms. The van der Waals surface area contributed by atoms with Crippen molar-refractivity contribution in [1.82, 2.24) is 0 Å². The Bertz CT molecular complexity index is 414. The second kappa shape index (κ2) is 4.45. The van der Waals surface area contributed by atoms with Gasteiger partial charge in [-0.15, -0.1) is 0 Å². The van der Waals surface area contributed by atoms with Crippen LogP contribution < -0.4 is 0 Å². The molecule has 76 valence electrons. The van der Waals surface area contributed by atoms with Crippen molar-refractivity contribution in [3.8, 4) is 0 Å². The van der Waals surface area contributed by atoms with E-state index in [0.717, 1.165) is 16.4 Å². The summed E-state index contributed by atoms with van der Waals surface area (Å²) >= 11 is 5.80. The Morgan fingerprint density at radius 3 is 2.33 bits per heavy atom. The lowest BCUT2D eigenvalue weighted by atomic mass is 10.1. The third-order valence-corrected chi connectivity index (χ3v) is 2.61. The fraction of sp³-hybridized carbons (Fsp3) is 0.154. The Balaban J connectivity index is 2.18. The molecule has 15 heavy (non-hydrogen) atoms. The van der Waals surface area contributed by atoms with E-state index in [-0.39, 0.29) is 0 Å². The van der Waals surface area contributed by atoms with Gasteiger partial charge in [-0.3, -0.25) is 4.99 Å². The van der Waals surface area contributed by atoms with Gasteiger partial charge in [0.1, 0.15) is 0 Å². The number of hydrogen-bond donors (Lipinski definition) is 0. The number of allylic oxidation sites excluding steroid dienone is 4. The molecule has 0 heterocycles. The van der Waals surface area contributed by atoms with Crippen LogP contribution in [0, 0.1) is 5.92 Å². The summed E-state index contributed by atoms with van der Waals surface area (Å²) in [5, 5.41) is 0.743. The Hall–Kier alpha value is -1.34. The zero-order valence-corrected chi connectivity index (χ0v) is 9.28. The van der Waals surface area contributed by atoms with Gasteiger partial charge in [0.25, 0.3) is 0 Å². The van der Waals surface area contributed by atoms with E-state index in [9.17, 15) is 0 Å². The topological polar surface area (TPSA) is 12.4 Å². The molecule has 0 unspecified atom stereocenters. The van der Waals surface area contributed by atoms with Crippen LogP contribution in [-0.4, -0.2) is 5.71 Å². The zero-order valence-electron chi connectivity index (χ0n) is 8.52. The second-order valence-electron chi connectivity index (χ2n) is 3.53. The van der Waals surface area contributed by atoms with E-state index in [2.05, 4.69) is 17.1 Å². The highest BCUT2D eigenvalue weighted by molar-refractivity contribution is 6.30. The third-order valence-electron chi connectivity index (χ3n) is 2.36. The first kappa shape index (κ1) is 10.2. The summed E-state index contributed by atoms with van der Waals surface area (Å²) < 4.78 is 0. The smallest absolute Gasteiger partial charge is 0.0630 e. The molecule has 0 fully saturated rings. The Labute approximate surface area is 94.8 Å². The molecule has 0 radical (unpaired) electrons. The highest BCUT2D eigenvalue weighted by Crippen LogP contribution is 2.19. The largest absolute Gasteiger partial charge is 0.257 e. The molecular weight excluding hydrogens is 206 g/mol. The van der Waals surface area contributed by atoms with Gasteiger partial charge in [-0.1, -0.05) is 35.9 Å². The van der Waals surface area contributed by atoms with Crippen molar-refractivity contribution < 1.29 is 0 Å². The minimum atomic E-state index is 0.348. The third kappa shape index (κ3) is 2.57. The molecule has 0 saturated heterocycles. The summed E-state index contributed by atoms with van der Waals surface area (Å²) in [6.07, 6.45) is 8.36. The van der Waals surface area contributed by atoms with Gasteiger partial charge in [-0.05, 0) is 31.2 Å². The van der Waals surface area contributed by atoms with Crippen LogP contribution in [0.2, 0.25) is 5.02 Å². The van der Waals surface area contributed by atoms with Crippen molar-refractivity contribution in [1.29, 1.82) is 0 Å². The van der Waals surface area contributed by atoms with Gasteiger partial charge in [0.2, 0.25) is 0 Å². The van der Waals surface area contributed by atoms with Gasteiger partial charge in [-0.25, -0.2) is 0 Å². The molecule has 2 heteroatoms. The van der Waals surface area contributed by atoms with Crippen molar-refractivity contribution in [3.63, 3.8) is 0 Å². The Morgan fingerprint density at radius 1 is 1.13 bits per heavy atom. The number of benzene rings is 1. The first-order valence-corrected chi connectivity index (χ1v) is 5.29. The first-order valence-electron chi connectivity index (χ1n) is 4.91. The summed E-state index contributed by atoms with van der Waals surface area (Å²) in [5.74, 6) is 0.348. The summed E-state index contributed by atoms with van der Waals surface area (Å²) in [6, 6.07) is 7.56. The monoisotopic (exact) mass is 217 g/mol. The normalized spacial score (nSPS) is 16.3. The van der Waals surface area contributed by atoms with Crippen LogP contribution in [0.15, 0.2) is 53.6 Å². The molecule has 1 aliphatic carbocycles. The Kier molecular flexibility index (Phi) is 3.02. The summed E-state index contributed by atoms with van der Waals surface area (Å²) in [5.41, 5.74) is 2.05. The number of nitrogens with zero attached hydrogens (tertiary/aromatic N) is 1. The van der Waals surface area contributed by atoms with Gasteiger partial charge in [0.05, 0.1) is 5.69 Å². The summed E-state index contributed by atoms with van der Waals surface area (Å²) in [7, 11) is 0. The molecule has 0 atom stereocenters. The minimum Gasteiger partial charge on any atom is -0.257 e. The highest BCUT2D eigenvalue weighted by atomic mass is 35.5. The molecule has 0 amide bonds. The number of hydrogen-bond acceptors (Lipinski definition) is 1. The summed E-state index contributed by atoms with van der Waals surface area (Å²) in [4.78, 5) is 4.54.